The van der Waals surface area contributed by atoms with E-state index >= 15 is 0 Å². The maximum absolute atomic E-state index is 13.4. The molecule has 2 N–H and O–H groups in total. The van der Waals surface area contributed by atoms with Crippen LogP contribution >= 0.6 is 0 Å². The van der Waals surface area contributed by atoms with Crippen LogP contribution in [0.5, 0.6) is 0 Å². The first-order valence-corrected chi connectivity index (χ1v) is 6.45. The molecule has 6 heteroatoms. The van der Waals surface area contributed by atoms with Gasteiger partial charge in [-0.15, -0.1) is 0 Å². The smallest absolute Gasteiger partial charge is 0.241 e. The van der Waals surface area contributed by atoms with Gasteiger partial charge >= 0.3 is 0 Å². The van der Waals surface area contributed by atoms with Gasteiger partial charge in [-0.2, -0.15) is 0 Å². The Kier molecular flexibility index (Phi) is 6.04. The van der Waals surface area contributed by atoms with Gasteiger partial charge in [0.1, 0.15) is 11.6 Å². The molecule has 112 valence electrons. The van der Waals surface area contributed by atoms with Crippen LogP contribution in [0, 0.1) is 11.6 Å². The summed E-state index contributed by atoms with van der Waals surface area (Å²) in [5.74, 6) is -1.72. The van der Waals surface area contributed by atoms with E-state index in [1.807, 2.05) is 0 Å². The highest BCUT2D eigenvalue weighted by Gasteiger charge is 2.19. The molecule has 1 amide bonds. The second-order valence-electron chi connectivity index (χ2n) is 4.91. The van der Waals surface area contributed by atoms with Crippen molar-refractivity contribution in [3.8, 4) is 0 Å². The lowest BCUT2D eigenvalue weighted by Crippen LogP contribution is -2.40. The van der Waals surface area contributed by atoms with Crippen LogP contribution in [0.1, 0.15) is 20.3 Å². The minimum atomic E-state index is -0.682. The van der Waals surface area contributed by atoms with Crippen molar-refractivity contribution in [3.63, 3.8) is 0 Å². The summed E-state index contributed by atoms with van der Waals surface area (Å²) in [6.45, 7) is 3.85. The van der Waals surface area contributed by atoms with E-state index in [1.54, 1.807) is 25.8 Å². The number of benzene rings is 1. The van der Waals surface area contributed by atoms with Crippen LogP contribution in [0.2, 0.25) is 0 Å². The molecule has 20 heavy (non-hydrogen) atoms. The van der Waals surface area contributed by atoms with Gasteiger partial charge in [-0.1, -0.05) is 0 Å². The van der Waals surface area contributed by atoms with Gasteiger partial charge in [0.15, 0.2) is 0 Å². The Balaban J connectivity index is 2.63. The quantitative estimate of drug-likeness (QED) is 0.841. The van der Waals surface area contributed by atoms with Crippen molar-refractivity contribution in [2.75, 3.05) is 18.9 Å². The standard InChI is InChI=1S/C14H20F2N2O2/c1-9(19)6-7-18(3)10(2)14(20)17-13-8-11(15)4-5-12(13)16/h4-5,8-10,19H,6-7H2,1-3H3,(H,17,20). The number of aliphatic hydroxyl groups excluding tert-OH is 1. The normalized spacial score (nSPS) is 14.2. The Morgan fingerprint density at radius 3 is 2.65 bits per heavy atom. The van der Waals surface area contributed by atoms with Gasteiger partial charge in [0.05, 0.1) is 17.8 Å². The molecule has 0 radical (unpaired) electrons. The Hall–Kier alpha value is -1.53. The molecule has 1 rings (SSSR count). The fourth-order valence-corrected chi connectivity index (χ4v) is 1.61. The maximum atomic E-state index is 13.4. The largest absolute Gasteiger partial charge is 0.393 e. The monoisotopic (exact) mass is 286 g/mol. The number of carbonyl (C=O) groups is 1. The maximum Gasteiger partial charge on any atom is 0.241 e. The zero-order chi connectivity index (χ0) is 15.3. The van der Waals surface area contributed by atoms with E-state index in [2.05, 4.69) is 5.32 Å². The zero-order valence-corrected chi connectivity index (χ0v) is 11.9. The lowest BCUT2D eigenvalue weighted by molar-refractivity contribution is -0.120. The first kappa shape index (κ1) is 16.5. The van der Waals surface area contributed by atoms with Crippen molar-refractivity contribution in [1.29, 1.82) is 0 Å². The van der Waals surface area contributed by atoms with E-state index in [9.17, 15) is 18.7 Å². The van der Waals surface area contributed by atoms with E-state index in [-0.39, 0.29) is 5.69 Å². The van der Waals surface area contributed by atoms with Crippen LogP contribution in [0.15, 0.2) is 18.2 Å². The number of nitrogens with one attached hydrogen (secondary N) is 1. The highest BCUT2D eigenvalue weighted by atomic mass is 19.1. The van der Waals surface area contributed by atoms with Gasteiger partial charge in [0.25, 0.3) is 0 Å². The summed E-state index contributed by atoms with van der Waals surface area (Å²) in [6.07, 6.45) is 0.0796. The Labute approximate surface area is 117 Å². The summed E-state index contributed by atoms with van der Waals surface area (Å²) >= 11 is 0. The third kappa shape index (κ3) is 4.86. The number of hydrogen-bond donors (Lipinski definition) is 2. The van der Waals surface area contributed by atoms with E-state index in [4.69, 9.17) is 0 Å². The summed E-state index contributed by atoms with van der Waals surface area (Å²) in [4.78, 5) is 13.7. The van der Waals surface area contributed by atoms with E-state index in [0.717, 1.165) is 18.2 Å². The number of halogens is 2. The number of amides is 1. The van der Waals surface area contributed by atoms with Crippen molar-refractivity contribution in [2.45, 2.75) is 32.4 Å². The molecular weight excluding hydrogens is 266 g/mol. The van der Waals surface area contributed by atoms with Crippen molar-refractivity contribution >= 4 is 11.6 Å². The van der Waals surface area contributed by atoms with Gasteiger partial charge in [-0.05, 0) is 39.4 Å². The molecular formula is C14H20F2N2O2. The van der Waals surface area contributed by atoms with E-state index in [0.29, 0.717) is 13.0 Å². The number of aliphatic hydroxyl groups is 1. The minimum absolute atomic E-state index is 0.175. The molecule has 0 aliphatic rings. The van der Waals surface area contributed by atoms with E-state index in [1.165, 1.54) is 0 Å². The third-order valence-corrected chi connectivity index (χ3v) is 3.13. The Bertz CT molecular complexity index is 466. The van der Waals surface area contributed by atoms with Gasteiger partial charge in [-0.3, -0.25) is 9.69 Å². The average molecular weight is 286 g/mol. The number of likely N-dealkylation sites (N-methyl/N-ethyl adjacent to an activating group) is 1. The van der Waals surface area contributed by atoms with Crippen LogP contribution in [-0.2, 0) is 4.79 Å². The number of rotatable bonds is 6. The molecule has 0 fully saturated rings. The number of anilines is 1. The molecule has 1 aromatic carbocycles. The molecule has 2 atom stereocenters. The lowest BCUT2D eigenvalue weighted by Gasteiger charge is -2.24. The molecule has 0 heterocycles. The number of nitrogens with zero attached hydrogens (tertiary/aromatic N) is 1. The predicted molar refractivity (Wildman–Crippen MR) is 73.4 cm³/mol. The summed E-state index contributed by atoms with van der Waals surface area (Å²) in [5, 5.41) is 11.6. The zero-order valence-electron chi connectivity index (χ0n) is 11.9. The Morgan fingerprint density at radius 1 is 1.40 bits per heavy atom. The number of carbonyl (C=O) groups excluding carboxylic acids is 1. The third-order valence-electron chi connectivity index (χ3n) is 3.13. The molecule has 0 aliphatic carbocycles. The minimum Gasteiger partial charge on any atom is -0.393 e. The number of hydrogen-bond acceptors (Lipinski definition) is 3. The molecule has 0 saturated heterocycles. The van der Waals surface area contributed by atoms with Crippen LogP contribution in [0.4, 0.5) is 14.5 Å². The SMILES string of the molecule is CC(O)CCN(C)C(C)C(=O)Nc1cc(F)ccc1F. The van der Waals surface area contributed by atoms with Gasteiger partial charge < -0.3 is 10.4 Å². The highest BCUT2D eigenvalue weighted by molar-refractivity contribution is 5.94. The molecule has 4 nitrogen and oxygen atoms in total. The highest BCUT2D eigenvalue weighted by Crippen LogP contribution is 2.16. The second kappa shape index (κ2) is 7.31. The van der Waals surface area contributed by atoms with Gasteiger partial charge in [0.2, 0.25) is 5.91 Å². The fraction of sp³-hybridized carbons (Fsp3) is 0.500. The fourth-order valence-electron chi connectivity index (χ4n) is 1.61. The lowest BCUT2D eigenvalue weighted by atomic mass is 10.2. The van der Waals surface area contributed by atoms with Crippen molar-refractivity contribution in [1.82, 2.24) is 4.90 Å². The second-order valence-corrected chi connectivity index (χ2v) is 4.91. The molecule has 2 unspecified atom stereocenters. The Morgan fingerprint density at radius 2 is 2.05 bits per heavy atom. The van der Waals surface area contributed by atoms with Crippen LogP contribution in [-0.4, -0.2) is 41.7 Å². The molecule has 0 aliphatic heterocycles. The van der Waals surface area contributed by atoms with Crippen molar-refractivity contribution < 1.29 is 18.7 Å². The first-order valence-electron chi connectivity index (χ1n) is 6.45. The molecule has 1 aromatic rings. The summed E-state index contributed by atoms with van der Waals surface area (Å²) in [6, 6.07) is 2.38. The van der Waals surface area contributed by atoms with E-state index < -0.39 is 29.7 Å². The van der Waals surface area contributed by atoms with Crippen LogP contribution in [0.3, 0.4) is 0 Å². The summed E-state index contributed by atoms with van der Waals surface area (Å²) in [5.41, 5.74) is -0.175. The molecule has 0 saturated carbocycles. The van der Waals surface area contributed by atoms with Crippen molar-refractivity contribution in [3.05, 3.63) is 29.8 Å². The topological polar surface area (TPSA) is 52.6 Å². The first-order chi connectivity index (χ1) is 9.31. The summed E-state index contributed by atoms with van der Waals surface area (Å²) in [7, 11) is 1.73. The molecule has 0 aromatic heterocycles. The summed E-state index contributed by atoms with van der Waals surface area (Å²) < 4.78 is 26.4. The van der Waals surface area contributed by atoms with Crippen LogP contribution < -0.4 is 5.32 Å². The average Bonchev–Trinajstić information content (AvgIpc) is 2.39. The molecule has 0 bridgehead atoms. The van der Waals surface area contributed by atoms with Gasteiger partial charge in [-0.25, -0.2) is 8.78 Å². The van der Waals surface area contributed by atoms with Gasteiger partial charge in [0, 0.05) is 12.6 Å². The van der Waals surface area contributed by atoms with Crippen molar-refractivity contribution in [2.24, 2.45) is 0 Å². The van der Waals surface area contributed by atoms with Crippen LogP contribution in [0.25, 0.3) is 0 Å². The molecule has 0 spiro atoms. The predicted octanol–water partition coefficient (Wildman–Crippen LogP) is 1.99.